The molecule has 1 aromatic heterocycles. The van der Waals surface area contributed by atoms with Gasteiger partial charge in [0, 0.05) is 12.2 Å². The standard InChI is InChI=1S/C16H25N3/c1-10-7-12(17)13(18-9-10)19-14-15(2,3)11-5-6-16(14,4)8-11/h7,9,11,14H,5-6,8,17H2,1-4H3,(H,18,19). The molecule has 0 amide bonds. The van der Waals surface area contributed by atoms with Gasteiger partial charge in [0.15, 0.2) is 0 Å². The van der Waals surface area contributed by atoms with Gasteiger partial charge in [0.1, 0.15) is 5.82 Å². The van der Waals surface area contributed by atoms with E-state index in [1.807, 2.05) is 19.2 Å². The second-order valence-electron chi connectivity index (χ2n) is 7.44. The zero-order chi connectivity index (χ0) is 13.8. The van der Waals surface area contributed by atoms with Gasteiger partial charge >= 0.3 is 0 Å². The SMILES string of the molecule is Cc1cnc(NC2C3(C)CCC(C3)C2(C)C)c(N)c1. The molecule has 104 valence electrons. The van der Waals surface area contributed by atoms with Gasteiger partial charge in [-0.25, -0.2) is 4.98 Å². The summed E-state index contributed by atoms with van der Waals surface area (Å²) >= 11 is 0. The molecule has 2 bridgehead atoms. The van der Waals surface area contributed by atoms with Gasteiger partial charge in [-0.15, -0.1) is 0 Å². The summed E-state index contributed by atoms with van der Waals surface area (Å²) in [6.07, 6.45) is 5.92. The van der Waals surface area contributed by atoms with Gasteiger partial charge in [-0.05, 0) is 54.6 Å². The van der Waals surface area contributed by atoms with E-state index in [0.717, 1.165) is 23.0 Å². The molecule has 3 rings (SSSR count). The van der Waals surface area contributed by atoms with Gasteiger partial charge in [-0.2, -0.15) is 0 Å². The van der Waals surface area contributed by atoms with Crippen molar-refractivity contribution in [2.24, 2.45) is 16.7 Å². The molecule has 0 radical (unpaired) electrons. The minimum absolute atomic E-state index is 0.325. The number of nitrogen functional groups attached to an aromatic ring is 1. The second-order valence-corrected chi connectivity index (χ2v) is 7.44. The molecule has 1 aromatic rings. The summed E-state index contributed by atoms with van der Waals surface area (Å²) in [6.45, 7) is 9.23. The smallest absolute Gasteiger partial charge is 0.149 e. The van der Waals surface area contributed by atoms with Gasteiger partial charge in [0.05, 0.1) is 5.69 Å². The van der Waals surface area contributed by atoms with E-state index in [2.05, 4.69) is 31.1 Å². The van der Waals surface area contributed by atoms with Crippen molar-refractivity contribution in [2.75, 3.05) is 11.1 Å². The first-order chi connectivity index (χ1) is 8.83. The second kappa shape index (κ2) is 3.87. The molecule has 2 fully saturated rings. The van der Waals surface area contributed by atoms with Crippen LogP contribution in [-0.4, -0.2) is 11.0 Å². The van der Waals surface area contributed by atoms with E-state index in [1.54, 1.807) is 0 Å². The Morgan fingerprint density at radius 3 is 2.68 bits per heavy atom. The summed E-state index contributed by atoms with van der Waals surface area (Å²) < 4.78 is 0. The molecule has 0 spiro atoms. The highest BCUT2D eigenvalue weighted by atomic mass is 15.1. The van der Waals surface area contributed by atoms with Crippen LogP contribution in [0.2, 0.25) is 0 Å². The molecular formula is C16H25N3. The quantitative estimate of drug-likeness (QED) is 0.853. The summed E-state index contributed by atoms with van der Waals surface area (Å²) in [5, 5.41) is 3.66. The number of aromatic nitrogens is 1. The third kappa shape index (κ3) is 1.82. The van der Waals surface area contributed by atoms with Crippen LogP contribution in [-0.2, 0) is 0 Å². The fraction of sp³-hybridized carbons (Fsp3) is 0.688. The van der Waals surface area contributed by atoms with Crippen LogP contribution in [0, 0.1) is 23.7 Å². The zero-order valence-electron chi connectivity index (χ0n) is 12.5. The molecule has 3 N–H and O–H groups in total. The Morgan fingerprint density at radius 2 is 2.11 bits per heavy atom. The molecule has 3 atom stereocenters. The van der Waals surface area contributed by atoms with E-state index >= 15 is 0 Å². The molecule has 3 heteroatoms. The average Bonchev–Trinajstić information content (AvgIpc) is 2.78. The van der Waals surface area contributed by atoms with Crippen LogP contribution in [0.5, 0.6) is 0 Å². The van der Waals surface area contributed by atoms with E-state index in [0.29, 0.717) is 16.9 Å². The van der Waals surface area contributed by atoms with Crippen molar-refractivity contribution in [1.82, 2.24) is 4.98 Å². The summed E-state index contributed by atoms with van der Waals surface area (Å²) in [5.41, 5.74) is 8.70. The lowest BCUT2D eigenvalue weighted by atomic mass is 9.68. The molecule has 1 heterocycles. The highest BCUT2D eigenvalue weighted by molar-refractivity contribution is 5.62. The van der Waals surface area contributed by atoms with E-state index < -0.39 is 0 Å². The Balaban J connectivity index is 1.90. The molecule has 2 aliphatic rings. The Kier molecular flexibility index (Phi) is 2.60. The maximum absolute atomic E-state index is 6.10. The monoisotopic (exact) mass is 259 g/mol. The Morgan fingerprint density at radius 1 is 1.37 bits per heavy atom. The number of nitrogens with zero attached hydrogens (tertiary/aromatic N) is 1. The number of anilines is 2. The van der Waals surface area contributed by atoms with E-state index in [9.17, 15) is 0 Å². The minimum atomic E-state index is 0.325. The lowest BCUT2D eigenvalue weighted by molar-refractivity contribution is 0.155. The zero-order valence-corrected chi connectivity index (χ0v) is 12.5. The van der Waals surface area contributed by atoms with Crippen molar-refractivity contribution in [3.8, 4) is 0 Å². The van der Waals surface area contributed by atoms with Crippen LogP contribution < -0.4 is 11.1 Å². The van der Waals surface area contributed by atoms with Crippen molar-refractivity contribution >= 4 is 11.5 Å². The molecular weight excluding hydrogens is 234 g/mol. The van der Waals surface area contributed by atoms with Crippen LogP contribution in [0.25, 0.3) is 0 Å². The van der Waals surface area contributed by atoms with Crippen molar-refractivity contribution in [2.45, 2.75) is 53.0 Å². The molecule has 0 aliphatic heterocycles. The molecule has 0 saturated heterocycles. The van der Waals surface area contributed by atoms with Crippen molar-refractivity contribution in [3.63, 3.8) is 0 Å². The third-order valence-corrected chi connectivity index (χ3v) is 5.60. The fourth-order valence-electron chi connectivity index (χ4n) is 4.51. The molecule has 3 nitrogen and oxygen atoms in total. The van der Waals surface area contributed by atoms with E-state index in [1.165, 1.54) is 19.3 Å². The van der Waals surface area contributed by atoms with Gasteiger partial charge in [0.2, 0.25) is 0 Å². The van der Waals surface area contributed by atoms with Crippen molar-refractivity contribution < 1.29 is 0 Å². The van der Waals surface area contributed by atoms with Gasteiger partial charge < -0.3 is 11.1 Å². The van der Waals surface area contributed by atoms with Gasteiger partial charge in [-0.1, -0.05) is 20.8 Å². The van der Waals surface area contributed by atoms with Gasteiger partial charge in [-0.3, -0.25) is 0 Å². The number of nitrogens with two attached hydrogens (primary N) is 1. The number of rotatable bonds is 2. The average molecular weight is 259 g/mol. The van der Waals surface area contributed by atoms with Crippen LogP contribution in [0.3, 0.4) is 0 Å². The van der Waals surface area contributed by atoms with E-state index in [-0.39, 0.29) is 0 Å². The fourth-order valence-corrected chi connectivity index (χ4v) is 4.51. The van der Waals surface area contributed by atoms with Crippen LogP contribution in [0.15, 0.2) is 12.3 Å². The molecule has 2 saturated carbocycles. The predicted octanol–water partition coefficient (Wildman–Crippen LogP) is 3.60. The number of fused-ring (bicyclic) bond motifs is 2. The normalized spacial score (nSPS) is 35.6. The number of aryl methyl sites for hydroxylation is 1. The largest absolute Gasteiger partial charge is 0.396 e. The summed E-state index contributed by atoms with van der Waals surface area (Å²) in [4.78, 5) is 4.49. The number of hydrogen-bond donors (Lipinski definition) is 2. The molecule has 3 unspecified atom stereocenters. The highest BCUT2D eigenvalue weighted by Gasteiger charge is 2.59. The first kappa shape index (κ1) is 12.8. The summed E-state index contributed by atoms with van der Waals surface area (Å²) in [7, 11) is 0. The lowest BCUT2D eigenvalue weighted by Crippen LogP contribution is -2.46. The van der Waals surface area contributed by atoms with Crippen LogP contribution in [0.4, 0.5) is 11.5 Å². The number of hydrogen-bond acceptors (Lipinski definition) is 3. The van der Waals surface area contributed by atoms with Crippen LogP contribution >= 0.6 is 0 Å². The maximum Gasteiger partial charge on any atom is 0.149 e. The maximum atomic E-state index is 6.10. The lowest BCUT2D eigenvalue weighted by Gasteiger charge is -2.43. The topological polar surface area (TPSA) is 50.9 Å². The van der Waals surface area contributed by atoms with Gasteiger partial charge in [0.25, 0.3) is 0 Å². The predicted molar refractivity (Wildman–Crippen MR) is 80.0 cm³/mol. The van der Waals surface area contributed by atoms with Crippen molar-refractivity contribution in [1.29, 1.82) is 0 Å². The molecule has 19 heavy (non-hydrogen) atoms. The Labute approximate surface area is 116 Å². The van der Waals surface area contributed by atoms with Crippen LogP contribution in [0.1, 0.15) is 45.6 Å². The number of pyridine rings is 1. The molecule has 2 aliphatic carbocycles. The first-order valence-electron chi connectivity index (χ1n) is 7.31. The highest BCUT2D eigenvalue weighted by Crippen LogP contribution is 2.63. The Bertz CT molecular complexity index is 504. The first-order valence-corrected chi connectivity index (χ1v) is 7.31. The summed E-state index contributed by atoms with van der Waals surface area (Å²) in [5.74, 6) is 1.69. The Hall–Kier alpha value is -1.25. The summed E-state index contributed by atoms with van der Waals surface area (Å²) in [6, 6.07) is 2.47. The number of nitrogens with one attached hydrogen (secondary N) is 1. The molecule has 0 aromatic carbocycles. The van der Waals surface area contributed by atoms with E-state index in [4.69, 9.17) is 5.73 Å². The third-order valence-electron chi connectivity index (χ3n) is 5.60. The van der Waals surface area contributed by atoms with Crippen molar-refractivity contribution in [3.05, 3.63) is 17.8 Å². The minimum Gasteiger partial charge on any atom is -0.396 e.